The Labute approximate surface area is 94.8 Å². The molecule has 1 aliphatic heterocycles. The summed E-state index contributed by atoms with van der Waals surface area (Å²) in [6.45, 7) is 2.98. The van der Waals surface area contributed by atoms with Crippen molar-refractivity contribution in [2.75, 3.05) is 33.8 Å². The molecule has 1 saturated heterocycles. The number of aliphatic carboxylic acids is 1. The van der Waals surface area contributed by atoms with Gasteiger partial charge >= 0.3 is 5.97 Å². The third-order valence-electron chi connectivity index (χ3n) is 2.72. The minimum absolute atomic E-state index is 0.0222. The molecule has 6 heteroatoms. The monoisotopic (exact) mass is 230 g/mol. The molecule has 0 spiro atoms. The molecule has 6 nitrogen and oxygen atoms in total. The Balaban J connectivity index is 2.59. The molecular weight excluding hydrogens is 212 g/mol. The SMILES string of the molecule is CC(C(=O)N(C)C)N1CCOC(C(=O)O)C1. The molecule has 0 aliphatic carbocycles. The maximum absolute atomic E-state index is 11.7. The summed E-state index contributed by atoms with van der Waals surface area (Å²) in [5, 5.41) is 8.84. The molecular formula is C10H18N2O4. The third kappa shape index (κ3) is 2.93. The third-order valence-corrected chi connectivity index (χ3v) is 2.72. The fourth-order valence-corrected chi connectivity index (χ4v) is 1.70. The number of rotatable bonds is 3. The van der Waals surface area contributed by atoms with Gasteiger partial charge in [-0.05, 0) is 6.92 Å². The lowest BCUT2D eigenvalue weighted by molar-refractivity contribution is -0.159. The van der Waals surface area contributed by atoms with Gasteiger partial charge in [-0.15, -0.1) is 0 Å². The van der Waals surface area contributed by atoms with Crippen LogP contribution in [0, 0.1) is 0 Å². The van der Waals surface area contributed by atoms with E-state index in [2.05, 4.69) is 0 Å². The molecule has 1 fully saturated rings. The predicted molar refractivity (Wildman–Crippen MR) is 57.1 cm³/mol. The molecule has 1 amide bonds. The first-order chi connectivity index (χ1) is 7.43. The van der Waals surface area contributed by atoms with Gasteiger partial charge in [-0.3, -0.25) is 9.69 Å². The lowest BCUT2D eigenvalue weighted by Crippen LogP contribution is -2.53. The molecule has 1 aliphatic rings. The van der Waals surface area contributed by atoms with Crippen LogP contribution in [0.3, 0.4) is 0 Å². The van der Waals surface area contributed by atoms with Crippen LogP contribution in [0.15, 0.2) is 0 Å². The molecule has 0 aromatic heterocycles. The van der Waals surface area contributed by atoms with E-state index in [1.807, 2.05) is 4.90 Å². The first-order valence-corrected chi connectivity index (χ1v) is 5.23. The first kappa shape index (κ1) is 12.9. The summed E-state index contributed by atoms with van der Waals surface area (Å²) in [6, 6.07) is -0.305. The van der Waals surface area contributed by atoms with E-state index in [1.54, 1.807) is 21.0 Å². The number of amides is 1. The topological polar surface area (TPSA) is 70.1 Å². The maximum Gasteiger partial charge on any atom is 0.334 e. The molecule has 16 heavy (non-hydrogen) atoms. The zero-order valence-electron chi connectivity index (χ0n) is 9.84. The highest BCUT2D eigenvalue weighted by molar-refractivity contribution is 5.81. The fourth-order valence-electron chi connectivity index (χ4n) is 1.70. The van der Waals surface area contributed by atoms with Crippen LogP contribution in [0.2, 0.25) is 0 Å². The first-order valence-electron chi connectivity index (χ1n) is 5.23. The van der Waals surface area contributed by atoms with Crippen LogP contribution in [0.1, 0.15) is 6.92 Å². The zero-order chi connectivity index (χ0) is 12.3. The van der Waals surface area contributed by atoms with Crippen molar-refractivity contribution >= 4 is 11.9 Å². The normalized spacial score (nSPS) is 23.8. The van der Waals surface area contributed by atoms with Crippen molar-refractivity contribution < 1.29 is 19.4 Å². The van der Waals surface area contributed by atoms with Gasteiger partial charge in [-0.25, -0.2) is 4.79 Å². The van der Waals surface area contributed by atoms with E-state index in [1.165, 1.54) is 4.90 Å². The Bertz CT molecular complexity index is 280. The minimum Gasteiger partial charge on any atom is -0.479 e. The van der Waals surface area contributed by atoms with Gasteiger partial charge < -0.3 is 14.7 Å². The number of morpholine rings is 1. The van der Waals surface area contributed by atoms with Gasteiger partial charge in [0.2, 0.25) is 5.91 Å². The standard InChI is InChI=1S/C10H18N2O4/c1-7(9(13)11(2)3)12-4-5-16-8(6-12)10(14)15/h7-8H,4-6H2,1-3H3,(H,14,15). The van der Waals surface area contributed by atoms with Gasteiger partial charge in [0, 0.05) is 27.2 Å². The average Bonchev–Trinajstić information content (AvgIpc) is 2.27. The summed E-state index contributed by atoms with van der Waals surface area (Å²) in [6.07, 6.45) is -0.828. The van der Waals surface area contributed by atoms with Crippen LogP contribution >= 0.6 is 0 Å². The minimum atomic E-state index is -0.978. The molecule has 92 valence electrons. The number of ether oxygens (including phenoxy) is 1. The van der Waals surface area contributed by atoms with Gasteiger partial charge in [0.15, 0.2) is 6.10 Å². The van der Waals surface area contributed by atoms with Gasteiger partial charge in [-0.2, -0.15) is 0 Å². The number of hydrogen-bond acceptors (Lipinski definition) is 4. The molecule has 0 bridgehead atoms. The lowest BCUT2D eigenvalue weighted by Gasteiger charge is -2.35. The summed E-state index contributed by atoms with van der Waals surface area (Å²) in [5.74, 6) is -1.000. The van der Waals surface area contributed by atoms with E-state index < -0.39 is 12.1 Å². The van der Waals surface area contributed by atoms with Crippen LogP contribution in [-0.4, -0.2) is 72.7 Å². The Morgan fingerprint density at radius 3 is 2.62 bits per heavy atom. The van der Waals surface area contributed by atoms with Crippen molar-refractivity contribution in [1.82, 2.24) is 9.80 Å². The number of carbonyl (C=O) groups excluding carboxylic acids is 1. The second-order valence-corrected chi connectivity index (χ2v) is 4.10. The smallest absolute Gasteiger partial charge is 0.334 e. The van der Waals surface area contributed by atoms with Gasteiger partial charge in [0.05, 0.1) is 12.6 Å². The number of carboxylic acid groups (broad SMARTS) is 1. The van der Waals surface area contributed by atoms with Crippen molar-refractivity contribution in [2.45, 2.75) is 19.1 Å². The van der Waals surface area contributed by atoms with Crippen molar-refractivity contribution in [3.05, 3.63) is 0 Å². The Kier molecular flexibility index (Phi) is 4.26. The Hall–Kier alpha value is -1.14. The fraction of sp³-hybridized carbons (Fsp3) is 0.800. The highest BCUT2D eigenvalue weighted by Gasteiger charge is 2.31. The van der Waals surface area contributed by atoms with Crippen LogP contribution in [0.25, 0.3) is 0 Å². The van der Waals surface area contributed by atoms with Crippen LogP contribution in [-0.2, 0) is 14.3 Å². The molecule has 1 heterocycles. The lowest BCUT2D eigenvalue weighted by atomic mass is 10.2. The number of carbonyl (C=O) groups is 2. The Morgan fingerprint density at radius 2 is 2.12 bits per heavy atom. The largest absolute Gasteiger partial charge is 0.479 e. The summed E-state index contributed by atoms with van der Waals surface area (Å²) < 4.78 is 5.09. The number of hydrogen-bond donors (Lipinski definition) is 1. The summed E-state index contributed by atoms with van der Waals surface area (Å²) in [5.41, 5.74) is 0. The van der Waals surface area contributed by atoms with Crippen molar-refractivity contribution in [3.63, 3.8) is 0 Å². The highest BCUT2D eigenvalue weighted by atomic mass is 16.5. The van der Waals surface area contributed by atoms with E-state index in [0.717, 1.165) is 0 Å². The highest BCUT2D eigenvalue weighted by Crippen LogP contribution is 2.10. The molecule has 2 unspecified atom stereocenters. The second kappa shape index (κ2) is 5.27. The average molecular weight is 230 g/mol. The molecule has 0 radical (unpaired) electrons. The molecule has 1 N–H and O–H groups in total. The number of likely N-dealkylation sites (N-methyl/N-ethyl adjacent to an activating group) is 1. The Morgan fingerprint density at radius 1 is 1.50 bits per heavy atom. The van der Waals surface area contributed by atoms with Crippen molar-refractivity contribution in [2.24, 2.45) is 0 Å². The van der Waals surface area contributed by atoms with Crippen LogP contribution in [0.4, 0.5) is 0 Å². The molecule has 1 rings (SSSR count). The molecule has 0 aromatic carbocycles. The number of nitrogens with zero attached hydrogens (tertiary/aromatic N) is 2. The van der Waals surface area contributed by atoms with E-state index in [0.29, 0.717) is 13.2 Å². The number of carboxylic acids is 1. The zero-order valence-corrected chi connectivity index (χ0v) is 9.84. The van der Waals surface area contributed by atoms with Gasteiger partial charge in [0.25, 0.3) is 0 Å². The van der Waals surface area contributed by atoms with Crippen molar-refractivity contribution in [1.29, 1.82) is 0 Å². The van der Waals surface area contributed by atoms with E-state index in [9.17, 15) is 9.59 Å². The summed E-state index contributed by atoms with van der Waals surface area (Å²) in [4.78, 5) is 25.8. The predicted octanol–water partition coefficient (Wildman–Crippen LogP) is -0.751. The van der Waals surface area contributed by atoms with E-state index in [-0.39, 0.29) is 18.5 Å². The quantitative estimate of drug-likeness (QED) is 0.690. The van der Waals surface area contributed by atoms with E-state index in [4.69, 9.17) is 9.84 Å². The molecule has 0 saturated carbocycles. The molecule has 0 aromatic rings. The maximum atomic E-state index is 11.7. The van der Waals surface area contributed by atoms with Gasteiger partial charge in [-0.1, -0.05) is 0 Å². The summed E-state index contributed by atoms with van der Waals surface area (Å²) >= 11 is 0. The van der Waals surface area contributed by atoms with Crippen LogP contribution < -0.4 is 0 Å². The molecule has 2 atom stereocenters. The summed E-state index contributed by atoms with van der Waals surface area (Å²) in [7, 11) is 3.38. The van der Waals surface area contributed by atoms with Crippen molar-refractivity contribution in [3.8, 4) is 0 Å². The second-order valence-electron chi connectivity index (χ2n) is 4.10. The van der Waals surface area contributed by atoms with E-state index >= 15 is 0 Å². The van der Waals surface area contributed by atoms with Crippen LogP contribution in [0.5, 0.6) is 0 Å². The van der Waals surface area contributed by atoms with Gasteiger partial charge in [0.1, 0.15) is 0 Å².